The van der Waals surface area contributed by atoms with Crippen molar-refractivity contribution < 1.29 is 14.2 Å². The molecule has 1 aromatic carbocycles. The topological polar surface area (TPSA) is 39.7 Å². The summed E-state index contributed by atoms with van der Waals surface area (Å²) < 4.78 is 15.8. The second-order valence-corrected chi connectivity index (χ2v) is 3.74. The largest absolute Gasteiger partial charge is 0.497 e. The van der Waals surface area contributed by atoms with Crippen molar-refractivity contribution in [1.82, 2.24) is 5.32 Å². The van der Waals surface area contributed by atoms with E-state index < -0.39 is 0 Å². The zero-order valence-corrected chi connectivity index (χ0v) is 11.1. The van der Waals surface area contributed by atoms with Gasteiger partial charge in [0.2, 0.25) is 0 Å². The molecule has 0 aromatic heterocycles. The van der Waals surface area contributed by atoms with Crippen LogP contribution in [0, 0.1) is 0 Å². The minimum atomic E-state index is 0.497. The summed E-state index contributed by atoms with van der Waals surface area (Å²) in [5.74, 6) is 1.67. The van der Waals surface area contributed by atoms with Crippen LogP contribution in [0.1, 0.15) is 5.56 Å². The second-order valence-electron chi connectivity index (χ2n) is 3.74. The van der Waals surface area contributed by atoms with E-state index >= 15 is 0 Å². The molecule has 0 fully saturated rings. The summed E-state index contributed by atoms with van der Waals surface area (Å²) in [5, 5.41) is 3.28. The smallest absolute Gasteiger partial charge is 0.124 e. The summed E-state index contributed by atoms with van der Waals surface area (Å²) in [5.41, 5.74) is 1.06. The van der Waals surface area contributed by atoms with Crippen molar-refractivity contribution in [3.8, 4) is 11.5 Å². The van der Waals surface area contributed by atoms with Gasteiger partial charge in [-0.05, 0) is 18.2 Å². The van der Waals surface area contributed by atoms with Crippen LogP contribution in [0.25, 0.3) is 0 Å². The van der Waals surface area contributed by atoms with Gasteiger partial charge in [0, 0.05) is 25.8 Å². The first kappa shape index (κ1) is 14.5. The third kappa shape index (κ3) is 4.77. The molecule has 0 radical (unpaired) electrons. The SMILES string of the molecule is C=CCOc1ccc(OC)cc1CNCCOC. The summed E-state index contributed by atoms with van der Waals surface area (Å²) in [6, 6.07) is 5.77. The Morgan fingerprint density at radius 1 is 1.33 bits per heavy atom. The van der Waals surface area contributed by atoms with Crippen molar-refractivity contribution in [1.29, 1.82) is 0 Å². The Bertz CT molecular complexity index is 366. The molecular formula is C14H21NO3. The zero-order valence-electron chi connectivity index (χ0n) is 11.1. The molecule has 0 amide bonds. The van der Waals surface area contributed by atoms with Gasteiger partial charge in [0.05, 0.1) is 13.7 Å². The zero-order chi connectivity index (χ0) is 13.2. The van der Waals surface area contributed by atoms with Gasteiger partial charge < -0.3 is 19.5 Å². The molecule has 0 spiro atoms. The maximum absolute atomic E-state index is 5.60. The van der Waals surface area contributed by atoms with Gasteiger partial charge in [0.1, 0.15) is 18.1 Å². The molecule has 1 N–H and O–H groups in total. The standard InChI is InChI=1S/C14H21NO3/c1-4-8-18-14-6-5-13(17-3)10-12(14)11-15-7-9-16-2/h4-6,10,15H,1,7-9,11H2,2-3H3. The van der Waals surface area contributed by atoms with E-state index in [1.807, 2.05) is 18.2 Å². The van der Waals surface area contributed by atoms with Gasteiger partial charge in [-0.3, -0.25) is 0 Å². The number of ether oxygens (including phenoxy) is 3. The van der Waals surface area contributed by atoms with Gasteiger partial charge in [-0.1, -0.05) is 12.7 Å². The van der Waals surface area contributed by atoms with Crippen molar-refractivity contribution in [3.05, 3.63) is 36.4 Å². The van der Waals surface area contributed by atoms with E-state index in [0.29, 0.717) is 19.8 Å². The van der Waals surface area contributed by atoms with Crippen LogP contribution in [0.4, 0.5) is 0 Å². The Labute approximate surface area is 109 Å². The maximum atomic E-state index is 5.60. The maximum Gasteiger partial charge on any atom is 0.124 e. The fraction of sp³-hybridized carbons (Fsp3) is 0.429. The number of methoxy groups -OCH3 is 2. The van der Waals surface area contributed by atoms with Gasteiger partial charge in [-0.25, -0.2) is 0 Å². The molecule has 0 saturated carbocycles. The number of benzene rings is 1. The fourth-order valence-electron chi connectivity index (χ4n) is 1.51. The van der Waals surface area contributed by atoms with Gasteiger partial charge in [0.25, 0.3) is 0 Å². The van der Waals surface area contributed by atoms with Gasteiger partial charge in [-0.15, -0.1) is 0 Å². The summed E-state index contributed by atoms with van der Waals surface area (Å²) in [4.78, 5) is 0. The molecule has 1 aromatic rings. The first-order valence-corrected chi connectivity index (χ1v) is 5.92. The predicted octanol–water partition coefficient (Wildman–Crippen LogP) is 2.00. The summed E-state index contributed by atoms with van der Waals surface area (Å²) in [7, 11) is 3.34. The average Bonchev–Trinajstić information content (AvgIpc) is 2.42. The Kier molecular flexibility index (Phi) is 6.91. The van der Waals surface area contributed by atoms with E-state index in [0.717, 1.165) is 23.6 Å². The quantitative estimate of drug-likeness (QED) is 0.538. The molecule has 4 heteroatoms. The molecule has 0 saturated heterocycles. The monoisotopic (exact) mass is 251 g/mol. The van der Waals surface area contributed by atoms with Crippen LogP contribution in [0.5, 0.6) is 11.5 Å². The minimum Gasteiger partial charge on any atom is -0.497 e. The van der Waals surface area contributed by atoms with E-state index in [4.69, 9.17) is 14.2 Å². The van der Waals surface area contributed by atoms with Crippen molar-refractivity contribution in [2.45, 2.75) is 6.54 Å². The van der Waals surface area contributed by atoms with Gasteiger partial charge in [0.15, 0.2) is 0 Å². The van der Waals surface area contributed by atoms with E-state index in [9.17, 15) is 0 Å². The lowest BCUT2D eigenvalue weighted by atomic mass is 10.2. The fourth-order valence-corrected chi connectivity index (χ4v) is 1.51. The lowest BCUT2D eigenvalue weighted by Gasteiger charge is -2.12. The summed E-state index contributed by atoms with van der Waals surface area (Å²) in [6.07, 6.45) is 1.73. The van der Waals surface area contributed by atoms with E-state index in [-0.39, 0.29) is 0 Å². The molecular weight excluding hydrogens is 230 g/mol. The Morgan fingerprint density at radius 3 is 2.83 bits per heavy atom. The highest BCUT2D eigenvalue weighted by Crippen LogP contribution is 2.24. The third-order valence-electron chi connectivity index (χ3n) is 2.42. The van der Waals surface area contributed by atoms with Crippen LogP contribution < -0.4 is 14.8 Å². The lowest BCUT2D eigenvalue weighted by molar-refractivity contribution is 0.199. The van der Waals surface area contributed by atoms with Crippen molar-refractivity contribution in [2.24, 2.45) is 0 Å². The van der Waals surface area contributed by atoms with Crippen molar-refractivity contribution in [3.63, 3.8) is 0 Å². The van der Waals surface area contributed by atoms with Gasteiger partial charge in [-0.2, -0.15) is 0 Å². The average molecular weight is 251 g/mol. The third-order valence-corrected chi connectivity index (χ3v) is 2.42. The van der Waals surface area contributed by atoms with Crippen LogP contribution in [-0.4, -0.2) is 34.0 Å². The normalized spacial score (nSPS) is 10.1. The lowest BCUT2D eigenvalue weighted by Crippen LogP contribution is -2.19. The number of rotatable bonds is 9. The molecule has 18 heavy (non-hydrogen) atoms. The minimum absolute atomic E-state index is 0.497. The first-order valence-electron chi connectivity index (χ1n) is 5.92. The number of hydrogen-bond acceptors (Lipinski definition) is 4. The molecule has 100 valence electrons. The van der Waals surface area contributed by atoms with Crippen molar-refractivity contribution >= 4 is 0 Å². The predicted molar refractivity (Wildman–Crippen MR) is 72.3 cm³/mol. The molecule has 0 atom stereocenters. The molecule has 0 heterocycles. The Balaban J connectivity index is 2.66. The molecule has 1 rings (SSSR count). The van der Waals surface area contributed by atoms with Crippen LogP contribution >= 0.6 is 0 Å². The molecule has 0 aliphatic heterocycles. The van der Waals surface area contributed by atoms with E-state index in [1.54, 1.807) is 20.3 Å². The number of nitrogens with one attached hydrogen (secondary N) is 1. The summed E-state index contributed by atoms with van der Waals surface area (Å²) in [6.45, 7) is 6.34. The summed E-state index contributed by atoms with van der Waals surface area (Å²) >= 11 is 0. The molecule has 0 bridgehead atoms. The molecule has 0 aliphatic carbocycles. The highest BCUT2D eigenvalue weighted by Gasteiger charge is 2.05. The van der Waals surface area contributed by atoms with E-state index in [1.165, 1.54) is 0 Å². The van der Waals surface area contributed by atoms with Crippen LogP contribution in [-0.2, 0) is 11.3 Å². The van der Waals surface area contributed by atoms with Crippen LogP contribution in [0.3, 0.4) is 0 Å². The first-order chi connectivity index (χ1) is 8.81. The van der Waals surface area contributed by atoms with Crippen LogP contribution in [0.2, 0.25) is 0 Å². The highest BCUT2D eigenvalue weighted by atomic mass is 16.5. The Morgan fingerprint density at radius 2 is 2.17 bits per heavy atom. The Hall–Kier alpha value is -1.52. The molecule has 0 unspecified atom stereocenters. The van der Waals surface area contributed by atoms with Gasteiger partial charge >= 0.3 is 0 Å². The highest BCUT2D eigenvalue weighted by molar-refractivity contribution is 5.40. The second kappa shape index (κ2) is 8.55. The molecule has 0 aliphatic rings. The van der Waals surface area contributed by atoms with Crippen LogP contribution in [0.15, 0.2) is 30.9 Å². The van der Waals surface area contributed by atoms with E-state index in [2.05, 4.69) is 11.9 Å². The molecule has 4 nitrogen and oxygen atoms in total. The van der Waals surface area contributed by atoms with Crippen molar-refractivity contribution in [2.75, 3.05) is 34.0 Å². The number of hydrogen-bond donors (Lipinski definition) is 1.